The van der Waals surface area contributed by atoms with Crippen molar-refractivity contribution < 1.29 is 14.3 Å². The van der Waals surface area contributed by atoms with Crippen molar-refractivity contribution in [3.63, 3.8) is 0 Å². The second-order valence-corrected chi connectivity index (χ2v) is 4.78. The summed E-state index contributed by atoms with van der Waals surface area (Å²) in [6, 6.07) is 0. The number of hydrogen-bond acceptors (Lipinski definition) is 3. The van der Waals surface area contributed by atoms with Crippen LogP contribution in [0.5, 0.6) is 0 Å². The lowest BCUT2D eigenvalue weighted by Gasteiger charge is -2.21. The lowest BCUT2D eigenvalue weighted by molar-refractivity contribution is -0.154. The van der Waals surface area contributed by atoms with Gasteiger partial charge in [-0.3, -0.25) is 9.59 Å². The zero-order valence-electron chi connectivity index (χ0n) is 8.45. The first-order valence-electron chi connectivity index (χ1n) is 4.93. The summed E-state index contributed by atoms with van der Waals surface area (Å²) >= 11 is 0. The molecule has 0 saturated carbocycles. The van der Waals surface area contributed by atoms with Crippen LogP contribution in [-0.4, -0.2) is 11.9 Å². The molecule has 1 saturated heterocycles. The molecule has 0 amide bonds. The van der Waals surface area contributed by atoms with E-state index in [9.17, 15) is 9.59 Å². The standard InChI is InChI=1S/C11H14O3/c1-11(2)5-3-4-7-8(6-11)10(13)14-9(7)12/h3,5,7-8H,4,6H2,1-2H3. The molecule has 2 atom stereocenters. The van der Waals surface area contributed by atoms with Crippen LogP contribution in [0.15, 0.2) is 12.2 Å². The van der Waals surface area contributed by atoms with Crippen LogP contribution in [-0.2, 0) is 14.3 Å². The molecule has 14 heavy (non-hydrogen) atoms. The topological polar surface area (TPSA) is 43.4 Å². The van der Waals surface area contributed by atoms with Gasteiger partial charge in [0.15, 0.2) is 0 Å². The SMILES string of the molecule is CC1(C)C=CCC2C(=O)OC(=O)C2C1. The summed E-state index contributed by atoms with van der Waals surface area (Å²) in [5.41, 5.74) is -0.0109. The minimum absolute atomic E-state index is 0.0109. The molecule has 0 bridgehead atoms. The van der Waals surface area contributed by atoms with Gasteiger partial charge in [0, 0.05) is 0 Å². The third-order valence-corrected chi connectivity index (χ3v) is 3.00. The Morgan fingerprint density at radius 2 is 1.93 bits per heavy atom. The zero-order valence-corrected chi connectivity index (χ0v) is 8.45. The predicted octanol–water partition coefficient (Wildman–Crippen LogP) is 1.68. The number of hydrogen-bond donors (Lipinski definition) is 0. The molecule has 1 aliphatic carbocycles. The number of rotatable bonds is 0. The van der Waals surface area contributed by atoms with Crippen molar-refractivity contribution in [2.75, 3.05) is 0 Å². The Hall–Kier alpha value is -1.12. The van der Waals surface area contributed by atoms with Crippen molar-refractivity contribution in [1.29, 1.82) is 0 Å². The van der Waals surface area contributed by atoms with E-state index in [1.807, 2.05) is 6.08 Å². The summed E-state index contributed by atoms with van der Waals surface area (Å²) in [6.07, 6.45) is 5.42. The molecular weight excluding hydrogens is 180 g/mol. The summed E-state index contributed by atoms with van der Waals surface area (Å²) in [7, 11) is 0. The Morgan fingerprint density at radius 3 is 2.64 bits per heavy atom. The molecule has 2 aliphatic rings. The molecule has 76 valence electrons. The summed E-state index contributed by atoms with van der Waals surface area (Å²) in [5.74, 6) is -1.15. The van der Waals surface area contributed by atoms with Crippen LogP contribution in [0.3, 0.4) is 0 Å². The van der Waals surface area contributed by atoms with Gasteiger partial charge in [0.25, 0.3) is 0 Å². The molecule has 1 aliphatic heterocycles. The first kappa shape index (κ1) is 9.44. The summed E-state index contributed by atoms with van der Waals surface area (Å²) in [5, 5.41) is 0. The van der Waals surface area contributed by atoms with Crippen molar-refractivity contribution in [1.82, 2.24) is 0 Å². The van der Waals surface area contributed by atoms with Crippen molar-refractivity contribution in [2.24, 2.45) is 17.3 Å². The Labute approximate surface area is 83.1 Å². The largest absolute Gasteiger partial charge is 0.393 e. The van der Waals surface area contributed by atoms with E-state index in [2.05, 4.69) is 24.7 Å². The maximum atomic E-state index is 11.4. The van der Waals surface area contributed by atoms with Gasteiger partial charge in [0.05, 0.1) is 11.8 Å². The van der Waals surface area contributed by atoms with E-state index in [-0.39, 0.29) is 29.2 Å². The fourth-order valence-electron chi connectivity index (χ4n) is 2.23. The van der Waals surface area contributed by atoms with Crippen LogP contribution >= 0.6 is 0 Å². The number of carbonyl (C=O) groups excluding carboxylic acids is 2. The van der Waals surface area contributed by atoms with Gasteiger partial charge in [-0.1, -0.05) is 26.0 Å². The lowest BCUT2D eigenvalue weighted by Crippen LogP contribution is -2.21. The Bertz CT molecular complexity index is 314. The van der Waals surface area contributed by atoms with E-state index in [0.29, 0.717) is 12.8 Å². The number of allylic oxidation sites excluding steroid dienone is 2. The maximum Gasteiger partial charge on any atom is 0.317 e. The highest BCUT2D eigenvalue weighted by molar-refractivity contribution is 5.96. The molecule has 0 aromatic rings. The van der Waals surface area contributed by atoms with Gasteiger partial charge >= 0.3 is 11.9 Å². The van der Waals surface area contributed by atoms with Gasteiger partial charge in [-0.2, -0.15) is 0 Å². The number of carbonyl (C=O) groups is 2. The summed E-state index contributed by atoms with van der Waals surface area (Å²) in [4.78, 5) is 22.7. The lowest BCUT2D eigenvalue weighted by atomic mass is 9.80. The Balaban J connectivity index is 2.28. The molecule has 3 heteroatoms. The quantitative estimate of drug-likeness (QED) is 0.335. The van der Waals surface area contributed by atoms with E-state index in [1.165, 1.54) is 0 Å². The van der Waals surface area contributed by atoms with Gasteiger partial charge < -0.3 is 4.74 Å². The number of esters is 2. The van der Waals surface area contributed by atoms with Gasteiger partial charge in [0.1, 0.15) is 0 Å². The van der Waals surface area contributed by atoms with Gasteiger partial charge in [-0.05, 0) is 18.3 Å². The summed E-state index contributed by atoms with van der Waals surface area (Å²) < 4.78 is 4.65. The van der Waals surface area contributed by atoms with Crippen LogP contribution < -0.4 is 0 Å². The van der Waals surface area contributed by atoms with Gasteiger partial charge in [-0.15, -0.1) is 0 Å². The maximum absolute atomic E-state index is 11.4. The molecule has 0 radical (unpaired) electrons. The van der Waals surface area contributed by atoms with E-state index >= 15 is 0 Å². The number of ether oxygens (including phenoxy) is 1. The second kappa shape index (κ2) is 2.94. The van der Waals surface area contributed by atoms with Crippen LogP contribution in [0.25, 0.3) is 0 Å². The van der Waals surface area contributed by atoms with Crippen molar-refractivity contribution in [3.8, 4) is 0 Å². The average molecular weight is 194 g/mol. The molecule has 2 rings (SSSR count). The minimum atomic E-state index is -0.345. The summed E-state index contributed by atoms with van der Waals surface area (Å²) in [6.45, 7) is 4.14. The van der Waals surface area contributed by atoms with E-state index in [4.69, 9.17) is 0 Å². The Kier molecular flexibility index (Phi) is 1.98. The van der Waals surface area contributed by atoms with Crippen molar-refractivity contribution in [3.05, 3.63) is 12.2 Å². The number of fused-ring (bicyclic) bond motifs is 1. The molecule has 3 nitrogen and oxygen atoms in total. The van der Waals surface area contributed by atoms with Crippen LogP contribution in [0, 0.1) is 17.3 Å². The monoisotopic (exact) mass is 194 g/mol. The smallest absolute Gasteiger partial charge is 0.317 e. The molecular formula is C11H14O3. The molecule has 0 spiro atoms. The van der Waals surface area contributed by atoms with E-state index in [0.717, 1.165) is 0 Å². The molecule has 1 fully saturated rings. The van der Waals surface area contributed by atoms with Gasteiger partial charge in [0.2, 0.25) is 0 Å². The molecule has 0 aromatic heterocycles. The van der Waals surface area contributed by atoms with Crippen LogP contribution in [0.2, 0.25) is 0 Å². The molecule has 0 aromatic carbocycles. The molecule has 2 unspecified atom stereocenters. The van der Waals surface area contributed by atoms with Crippen molar-refractivity contribution in [2.45, 2.75) is 26.7 Å². The van der Waals surface area contributed by atoms with Crippen LogP contribution in [0.4, 0.5) is 0 Å². The highest BCUT2D eigenvalue weighted by atomic mass is 16.6. The normalized spacial score (nSPS) is 35.0. The van der Waals surface area contributed by atoms with Crippen LogP contribution in [0.1, 0.15) is 26.7 Å². The minimum Gasteiger partial charge on any atom is -0.393 e. The molecule has 1 heterocycles. The van der Waals surface area contributed by atoms with E-state index < -0.39 is 0 Å². The molecule has 0 N–H and O–H groups in total. The first-order valence-corrected chi connectivity index (χ1v) is 4.93. The highest BCUT2D eigenvalue weighted by Crippen LogP contribution is 2.40. The van der Waals surface area contributed by atoms with E-state index in [1.54, 1.807) is 0 Å². The number of cyclic esters (lactones) is 2. The third-order valence-electron chi connectivity index (χ3n) is 3.00. The highest BCUT2D eigenvalue weighted by Gasteiger charge is 2.46. The van der Waals surface area contributed by atoms with Crippen molar-refractivity contribution >= 4 is 11.9 Å². The fourth-order valence-corrected chi connectivity index (χ4v) is 2.23. The first-order chi connectivity index (χ1) is 6.49. The third kappa shape index (κ3) is 1.47. The zero-order chi connectivity index (χ0) is 10.3. The second-order valence-electron chi connectivity index (χ2n) is 4.78. The fraction of sp³-hybridized carbons (Fsp3) is 0.636. The predicted molar refractivity (Wildman–Crippen MR) is 50.2 cm³/mol. The van der Waals surface area contributed by atoms with Gasteiger partial charge in [-0.25, -0.2) is 0 Å². The Morgan fingerprint density at radius 1 is 1.29 bits per heavy atom. The average Bonchev–Trinajstić information content (AvgIpc) is 2.29.